The first-order valence-electron chi connectivity index (χ1n) is 7.73. The van der Waals surface area contributed by atoms with Gasteiger partial charge in [-0.1, -0.05) is 17.7 Å². The Morgan fingerprint density at radius 1 is 1.33 bits per heavy atom. The first kappa shape index (κ1) is 17.1. The molecule has 0 spiro atoms. The molecule has 0 atom stereocenters. The molecule has 1 aliphatic carbocycles. The molecule has 0 bridgehead atoms. The molecule has 0 amide bonds. The van der Waals surface area contributed by atoms with E-state index in [9.17, 15) is 13.2 Å². The lowest BCUT2D eigenvalue weighted by atomic mass is 10.2. The van der Waals surface area contributed by atoms with Crippen LogP contribution in [0.3, 0.4) is 0 Å². The Bertz CT molecular complexity index is 938. The predicted octanol–water partition coefficient (Wildman–Crippen LogP) is 1.67. The molecular weight excluding hydrogens is 350 g/mol. The third-order valence-corrected chi connectivity index (χ3v) is 6.16. The van der Waals surface area contributed by atoms with Crippen molar-refractivity contribution in [2.24, 2.45) is 0 Å². The van der Waals surface area contributed by atoms with Crippen LogP contribution in [-0.4, -0.2) is 24.7 Å². The van der Waals surface area contributed by atoms with Crippen molar-refractivity contribution in [3.05, 3.63) is 56.5 Å². The molecule has 0 unspecified atom stereocenters. The van der Waals surface area contributed by atoms with Crippen LogP contribution in [0.15, 0.2) is 34.0 Å². The van der Waals surface area contributed by atoms with Gasteiger partial charge in [-0.15, -0.1) is 0 Å². The highest BCUT2D eigenvalue weighted by atomic mass is 35.5. The first-order chi connectivity index (χ1) is 11.4. The van der Waals surface area contributed by atoms with Crippen molar-refractivity contribution in [1.29, 1.82) is 0 Å². The second-order valence-corrected chi connectivity index (χ2v) is 7.93. The second kappa shape index (κ2) is 6.66. The van der Waals surface area contributed by atoms with Crippen molar-refractivity contribution in [3.63, 3.8) is 0 Å². The topological polar surface area (TPSA) is 81.1 Å². The largest absolute Gasteiger partial charge is 0.268 e. The van der Waals surface area contributed by atoms with Crippen LogP contribution in [0.4, 0.5) is 0 Å². The van der Waals surface area contributed by atoms with E-state index in [0.29, 0.717) is 10.6 Å². The molecule has 1 aromatic carbocycles. The first-order valence-corrected chi connectivity index (χ1v) is 9.59. The fourth-order valence-electron chi connectivity index (χ4n) is 2.84. The van der Waals surface area contributed by atoms with E-state index in [1.807, 2.05) is 0 Å². The van der Waals surface area contributed by atoms with Crippen LogP contribution >= 0.6 is 11.6 Å². The zero-order chi connectivity index (χ0) is 17.3. The number of rotatable bonds is 5. The summed E-state index contributed by atoms with van der Waals surface area (Å²) in [5.74, 6) is 0. The minimum absolute atomic E-state index is 0.0833. The molecular formula is C16H18ClN3O3S. The highest BCUT2D eigenvalue weighted by Gasteiger charge is 2.18. The maximum atomic E-state index is 12.4. The van der Waals surface area contributed by atoms with Crippen molar-refractivity contribution in [1.82, 2.24) is 14.5 Å². The summed E-state index contributed by atoms with van der Waals surface area (Å²) in [5.41, 5.74) is 2.24. The monoisotopic (exact) mass is 367 g/mol. The summed E-state index contributed by atoms with van der Waals surface area (Å²) >= 11 is 5.98. The number of hydrogen-bond acceptors (Lipinski definition) is 4. The number of sulfonamides is 1. The fraction of sp³-hybridized carbons (Fsp3) is 0.375. The number of halogens is 1. The van der Waals surface area contributed by atoms with Crippen molar-refractivity contribution >= 4 is 21.6 Å². The SMILES string of the molecule is Cc1c(Cl)cccc1S(=O)(=O)NCCn1nc2c(cc1=O)CCC2. The van der Waals surface area contributed by atoms with Crippen LogP contribution in [0, 0.1) is 6.92 Å². The second-order valence-electron chi connectivity index (χ2n) is 5.79. The molecule has 8 heteroatoms. The van der Waals surface area contributed by atoms with Crippen LogP contribution in [0.2, 0.25) is 5.02 Å². The van der Waals surface area contributed by atoms with E-state index in [1.165, 1.54) is 10.7 Å². The molecule has 2 aromatic rings. The van der Waals surface area contributed by atoms with Gasteiger partial charge in [-0.05, 0) is 49.4 Å². The summed E-state index contributed by atoms with van der Waals surface area (Å²) < 4.78 is 28.6. The van der Waals surface area contributed by atoms with Crippen LogP contribution in [0.25, 0.3) is 0 Å². The highest BCUT2D eigenvalue weighted by Crippen LogP contribution is 2.22. The molecule has 0 aliphatic heterocycles. The molecule has 128 valence electrons. The molecule has 24 heavy (non-hydrogen) atoms. The van der Waals surface area contributed by atoms with Gasteiger partial charge in [-0.2, -0.15) is 5.10 Å². The lowest BCUT2D eigenvalue weighted by Crippen LogP contribution is -2.32. The Hall–Kier alpha value is -1.70. The standard InChI is InChI=1S/C16H18ClN3O3S/c1-11-13(17)5-3-7-15(11)24(22,23)18-8-9-20-16(21)10-12-4-2-6-14(12)19-20/h3,5,7,10,18H,2,4,6,8-9H2,1H3. The van der Waals surface area contributed by atoms with Gasteiger partial charge in [0.15, 0.2) is 0 Å². The van der Waals surface area contributed by atoms with Gasteiger partial charge in [-0.3, -0.25) is 4.79 Å². The van der Waals surface area contributed by atoms with Gasteiger partial charge < -0.3 is 0 Å². The van der Waals surface area contributed by atoms with Crippen LogP contribution < -0.4 is 10.3 Å². The molecule has 0 saturated heterocycles. The van der Waals surface area contributed by atoms with Crippen molar-refractivity contribution in [2.45, 2.75) is 37.6 Å². The van der Waals surface area contributed by atoms with E-state index in [4.69, 9.17) is 11.6 Å². The number of benzene rings is 1. The third-order valence-electron chi connectivity index (χ3n) is 4.15. The number of aromatic nitrogens is 2. The smallest absolute Gasteiger partial charge is 0.267 e. The van der Waals surface area contributed by atoms with Gasteiger partial charge >= 0.3 is 0 Å². The van der Waals surface area contributed by atoms with E-state index < -0.39 is 10.0 Å². The summed E-state index contributed by atoms with van der Waals surface area (Å²) in [6.07, 6.45) is 2.76. The maximum absolute atomic E-state index is 12.4. The average Bonchev–Trinajstić information content (AvgIpc) is 2.97. The summed E-state index contributed by atoms with van der Waals surface area (Å²) in [4.78, 5) is 12.2. The van der Waals surface area contributed by atoms with Crippen molar-refractivity contribution in [3.8, 4) is 0 Å². The third kappa shape index (κ3) is 3.38. The summed E-state index contributed by atoms with van der Waals surface area (Å²) in [6.45, 7) is 1.92. The zero-order valence-electron chi connectivity index (χ0n) is 13.3. The van der Waals surface area contributed by atoms with Gasteiger partial charge in [-0.25, -0.2) is 17.8 Å². The van der Waals surface area contributed by atoms with Gasteiger partial charge in [0, 0.05) is 17.6 Å². The molecule has 1 N–H and O–H groups in total. The summed E-state index contributed by atoms with van der Waals surface area (Å²) in [5, 5.41) is 4.72. The van der Waals surface area contributed by atoms with E-state index in [2.05, 4.69) is 9.82 Å². The Balaban J connectivity index is 1.72. The lowest BCUT2D eigenvalue weighted by molar-refractivity contribution is 0.541. The van der Waals surface area contributed by atoms with E-state index in [-0.39, 0.29) is 23.5 Å². The van der Waals surface area contributed by atoms with E-state index in [1.54, 1.807) is 25.1 Å². The molecule has 1 heterocycles. The van der Waals surface area contributed by atoms with E-state index >= 15 is 0 Å². The van der Waals surface area contributed by atoms with Gasteiger partial charge in [0.1, 0.15) is 0 Å². The molecule has 1 aliphatic rings. The summed E-state index contributed by atoms with van der Waals surface area (Å²) in [6, 6.07) is 6.34. The summed E-state index contributed by atoms with van der Waals surface area (Å²) in [7, 11) is -3.69. The van der Waals surface area contributed by atoms with E-state index in [0.717, 1.165) is 30.5 Å². The van der Waals surface area contributed by atoms with Crippen molar-refractivity contribution in [2.75, 3.05) is 6.54 Å². The number of nitrogens with one attached hydrogen (secondary N) is 1. The molecule has 0 radical (unpaired) electrons. The van der Waals surface area contributed by atoms with Gasteiger partial charge in [0.2, 0.25) is 10.0 Å². The Morgan fingerprint density at radius 3 is 2.92 bits per heavy atom. The molecule has 0 fully saturated rings. The average molecular weight is 368 g/mol. The number of nitrogens with zero attached hydrogens (tertiary/aromatic N) is 2. The molecule has 6 nitrogen and oxygen atoms in total. The normalized spacial score (nSPS) is 13.9. The highest BCUT2D eigenvalue weighted by molar-refractivity contribution is 7.89. The zero-order valence-corrected chi connectivity index (χ0v) is 14.8. The Morgan fingerprint density at radius 2 is 2.12 bits per heavy atom. The Kier molecular flexibility index (Phi) is 4.76. The number of hydrogen-bond donors (Lipinski definition) is 1. The fourth-order valence-corrected chi connectivity index (χ4v) is 4.36. The minimum Gasteiger partial charge on any atom is -0.268 e. The van der Waals surface area contributed by atoms with Gasteiger partial charge in [0.05, 0.1) is 17.1 Å². The van der Waals surface area contributed by atoms with Gasteiger partial charge in [0.25, 0.3) is 5.56 Å². The van der Waals surface area contributed by atoms with Crippen LogP contribution in [-0.2, 0) is 29.4 Å². The lowest BCUT2D eigenvalue weighted by Gasteiger charge is -2.11. The molecule has 1 aromatic heterocycles. The number of aryl methyl sites for hydroxylation is 2. The predicted molar refractivity (Wildman–Crippen MR) is 91.9 cm³/mol. The van der Waals surface area contributed by atoms with Crippen LogP contribution in [0.5, 0.6) is 0 Å². The Labute approximate surface area is 145 Å². The molecule has 0 saturated carbocycles. The molecule has 3 rings (SSSR count). The maximum Gasteiger partial charge on any atom is 0.267 e. The quantitative estimate of drug-likeness (QED) is 0.871. The van der Waals surface area contributed by atoms with Crippen molar-refractivity contribution < 1.29 is 8.42 Å². The number of fused-ring (bicyclic) bond motifs is 1. The minimum atomic E-state index is -3.69. The van der Waals surface area contributed by atoms with Crippen LogP contribution in [0.1, 0.15) is 23.2 Å².